The Kier molecular flexibility index (Phi) is 4.41. The monoisotopic (exact) mass is 373 g/mol. The fourth-order valence-corrected chi connectivity index (χ4v) is 4.99. The second-order valence-corrected chi connectivity index (χ2v) is 8.70. The van der Waals surface area contributed by atoms with Crippen LogP contribution in [0.3, 0.4) is 0 Å². The quantitative estimate of drug-likeness (QED) is 0.771. The zero-order valence-electron chi connectivity index (χ0n) is 11.8. The van der Waals surface area contributed by atoms with E-state index in [1.54, 1.807) is 12.1 Å². The molecule has 0 radical (unpaired) electrons. The van der Waals surface area contributed by atoms with E-state index in [0.29, 0.717) is 34.3 Å². The molecular weight excluding hydrogens is 354 g/mol. The van der Waals surface area contributed by atoms with E-state index in [0.717, 1.165) is 0 Å². The van der Waals surface area contributed by atoms with Gasteiger partial charge in [0, 0.05) is 11.0 Å². The molecule has 0 amide bonds. The predicted molar refractivity (Wildman–Crippen MR) is 84.2 cm³/mol. The number of sulfonamides is 1. The highest BCUT2D eigenvalue weighted by molar-refractivity contribution is 9.10. The second-order valence-electron chi connectivity index (χ2n) is 6.11. The Bertz CT molecular complexity index is 612. The molecule has 1 aromatic rings. The van der Waals surface area contributed by atoms with Crippen LogP contribution in [0.15, 0.2) is 27.6 Å². The first-order valence-electron chi connectivity index (χ1n) is 7.40. The van der Waals surface area contributed by atoms with Crippen molar-refractivity contribution in [2.45, 2.75) is 37.2 Å². The molecule has 116 valence electrons. The van der Waals surface area contributed by atoms with Crippen LogP contribution >= 0.6 is 15.9 Å². The Morgan fingerprint density at radius 2 is 1.86 bits per heavy atom. The third-order valence-electron chi connectivity index (χ3n) is 4.43. The summed E-state index contributed by atoms with van der Waals surface area (Å²) in [6.07, 6.45) is 4.97. The minimum Gasteiger partial charge on any atom is -0.392 e. The van der Waals surface area contributed by atoms with Crippen LogP contribution in [0.1, 0.15) is 31.2 Å². The lowest BCUT2D eigenvalue weighted by atomic mass is 9.99. The maximum absolute atomic E-state index is 12.5. The minimum absolute atomic E-state index is 0.164. The van der Waals surface area contributed by atoms with Gasteiger partial charge in [-0.3, -0.25) is 0 Å². The first-order chi connectivity index (χ1) is 10.0. The van der Waals surface area contributed by atoms with Crippen molar-refractivity contribution in [3.63, 3.8) is 0 Å². The zero-order valence-corrected chi connectivity index (χ0v) is 14.2. The highest BCUT2D eigenvalue weighted by Gasteiger charge is 2.41. The van der Waals surface area contributed by atoms with Gasteiger partial charge in [-0.05, 0) is 77.1 Å². The van der Waals surface area contributed by atoms with Crippen molar-refractivity contribution in [1.29, 1.82) is 0 Å². The summed E-state index contributed by atoms with van der Waals surface area (Å²) < 4.78 is 28.3. The molecule has 2 saturated carbocycles. The standard InChI is InChI=1S/C15H20BrNO3S/c16-14-6-1-10(9-18)7-15(14)21(19,20)17-8-13(11-2-3-11)12-4-5-12/h1,6-7,11-13,17-18H,2-5,8-9H2. The van der Waals surface area contributed by atoms with Gasteiger partial charge in [-0.15, -0.1) is 0 Å². The lowest BCUT2D eigenvalue weighted by Gasteiger charge is -2.17. The van der Waals surface area contributed by atoms with Crippen LogP contribution in [0.25, 0.3) is 0 Å². The number of hydrogen-bond acceptors (Lipinski definition) is 3. The Morgan fingerprint density at radius 1 is 1.24 bits per heavy atom. The molecule has 0 bridgehead atoms. The number of rotatable bonds is 7. The molecule has 0 aromatic heterocycles. The smallest absolute Gasteiger partial charge is 0.241 e. The Labute approximate surface area is 134 Å². The summed E-state index contributed by atoms with van der Waals surface area (Å²) in [6.45, 7) is 0.371. The molecule has 6 heteroatoms. The summed E-state index contributed by atoms with van der Waals surface area (Å²) in [5.74, 6) is 1.93. The van der Waals surface area contributed by atoms with Crippen LogP contribution < -0.4 is 4.72 Å². The maximum atomic E-state index is 12.5. The van der Waals surface area contributed by atoms with Crippen LogP contribution in [0.5, 0.6) is 0 Å². The van der Waals surface area contributed by atoms with Crippen LogP contribution in [0.2, 0.25) is 0 Å². The van der Waals surface area contributed by atoms with Crippen molar-refractivity contribution in [2.75, 3.05) is 6.54 Å². The van der Waals surface area contributed by atoms with Crippen molar-refractivity contribution >= 4 is 26.0 Å². The Balaban J connectivity index is 1.73. The Morgan fingerprint density at radius 3 is 2.38 bits per heavy atom. The molecule has 2 aliphatic rings. The normalized spacial score (nSPS) is 19.2. The van der Waals surface area contributed by atoms with Gasteiger partial charge in [0.2, 0.25) is 10.0 Å². The molecule has 0 saturated heterocycles. The van der Waals surface area contributed by atoms with E-state index in [9.17, 15) is 8.42 Å². The number of benzene rings is 1. The van der Waals surface area contributed by atoms with Gasteiger partial charge < -0.3 is 5.11 Å². The molecule has 21 heavy (non-hydrogen) atoms. The van der Waals surface area contributed by atoms with Crippen molar-refractivity contribution < 1.29 is 13.5 Å². The lowest BCUT2D eigenvalue weighted by Crippen LogP contribution is -2.31. The van der Waals surface area contributed by atoms with Crippen molar-refractivity contribution in [3.05, 3.63) is 28.2 Å². The molecule has 0 heterocycles. The van der Waals surface area contributed by atoms with E-state index in [4.69, 9.17) is 5.11 Å². The van der Waals surface area contributed by atoms with E-state index in [1.165, 1.54) is 31.7 Å². The zero-order chi connectivity index (χ0) is 15.0. The molecule has 4 nitrogen and oxygen atoms in total. The molecule has 2 aliphatic carbocycles. The Hall–Kier alpha value is -0.430. The SMILES string of the molecule is O=S(=O)(NCC(C1CC1)C1CC1)c1cc(CO)ccc1Br. The number of nitrogens with one attached hydrogen (secondary N) is 1. The highest BCUT2D eigenvalue weighted by atomic mass is 79.9. The molecule has 2 N–H and O–H groups in total. The molecular formula is C15H20BrNO3S. The molecule has 1 aromatic carbocycles. The number of hydrogen-bond donors (Lipinski definition) is 2. The van der Waals surface area contributed by atoms with Crippen LogP contribution in [-0.4, -0.2) is 20.1 Å². The average molecular weight is 374 g/mol. The first-order valence-corrected chi connectivity index (χ1v) is 9.68. The second kappa shape index (κ2) is 5.99. The van der Waals surface area contributed by atoms with Crippen molar-refractivity contribution in [2.24, 2.45) is 17.8 Å². The third-order valence-corrected chi connectivity index (χ3v) is 6.85. The summed E-state index contributed by atoms with van der Waals surface area (Å²) in [6, 6.07) is 4.90. The highest BCUT2D eigenvalue weighted by Crippen LogP contribution is 2.48. The summed E-state index contributed by atoms with van der Waals surface area (Å²) in [5, 5.41) is 9.17. The van der Waals surface area contributed by atoms with Crippen LogP contribution in [-0.2, 0) is 16.6 Å². The number of halogens is 1. The van der Waals surface area contributed by atoms with Crippen LogP contribution in [0.4, 0.5) is 0 Å². The van der Waals surface area contributed by atoms with Gasteiger partial charge in [-0.2, -0.15) is 0 Å². The summed E-state index contributed by atoms with van der Waals surface area (Å²) in [4.78, 5) is 0.208. The van der Waals surface area contributed by atoms with Gasteiger partial charge in [0.15, 0.2) is 0 Å². The number of aliphatic hydroxyl groups is 1. The van der Waals surface area contributed by atoms with Gasteiger partial charge in [0.1, 0.15) is 0 Å². The van der Waals surface area contributed by atoms with Gasteiger partial charge in [0.05, 0.1) is 11.5 Å². The van der Waals surface area contributed by atoms with Gasteiger partial charge in [-0.25, -0.2) is 13.1 Å². The molecule has 0 aliphatic heterocycles. The van der Waals surface area contributed by atoms with Crippen molar-refractivity contribution in [3.8, 4) is 0 Å². The summed E-state index contributed by atoms with van der Waals surface area (Å²) in [7, 11) is -3.54. The molecule has 2 fully saturated rings. The van der Waals surface area contributed by atoms with E-state index < -0.39 is 10.0 Å². The van der Waals surface area contributed by atoms with E-state index in [-0.39, 0.29) is 11.5 Å². The minimum atomic E-state index is -3.54. The topological polar surface area (TPSA) is 66.4 Å². The van der Waals surface area contributed by atoms with E-state index in [1.807, 2.05) is 0 Å². The first kappa shape index (κ1) is 15.5. The predicted octanol–water partition coefficient (Wildman–Crippen LogP) is 2.66. The fourth-order valence-electron chi connectivity index (χ4n) is 2.90. The third kappa shape index (κ3) is 3.67. The molecule has 3 rings (SSSR count). The van der Waals surface area contributed by atoms with Crippen LogP contribution in [0, 0.1) is 17.8 Å². The van der Waals surface area contributed by atoms with Gasteiger partial charge in [0.25, 0.3) is 0 Å². The van der Waals surface area contributed by atoms with E-state index >= 15 is 0 Å². The summed E-state index contributed by atoms with van der Waals surface area (Å²) in [5.41, 5.74) is 0.597. The average Bonchev–Trinajstić information content (AvgIpc) is 3.33. The molecule has 0 unspecified atom stereocenters. The van der Waals surface area contributed by atoms with Crippen molar-refractivity contribution in [1.82, 2.24) is 4.72 Å². The van der Waals surface area contributed by atoms with Gasteiger partial charge in [-0.1, -0.05) is 6.07 Å². The maximum Gasteiger partial charge on any atom is 0.241 e. The lowest BCUT2D eigenvalue weighted by molar-refractivity contribution is 0.281. The fraction of sp³-hybridized carbons (Fsp3) is 0.600. The molecule has 0 spiro atoms. The largest absolute Gasteiger partial charge is 0.392 e. The number of aliphatic hydroxyl groups excluding tert-OH is 1. The summed E-state index contributed by atoms with van der Waals surface area (Å²) >= 11 is 3.28. The van der Waals surface area contributed by atoms with Gasteiger partial charge >= 0.3 is 0 Å². The molecule has 0 atom stereocenters. The van der Waals surface area contributed by atoms with E-state index in [2.05, 4.69) is 20.7 Å².